The number of nitrogen functional groups attached to an aromatic ring is 1. The number of anilines is 1. The molecule has 3 aromatic rings. The van der Waals surface area contributed by atoms with E-state index in [2.05, 4.69) is 16.9 Å². The average molecular weight is 525 g/mol. The second-order valence-corrected chi connectivity index (χ2v) is 9.13. The van der Waals surface area contributed by atoms with Gasteiger partial charge in [0.15, 0.2) is 5.69 Å². The molecule has 39 heavy (non-hydrogen) atoms. The van der Waals surface area contributed by atoms with E-state index < -0.39 is 17.7 Å². The molecule has 9 nitrogen and oxygen atoms in total. The zero-order valence-electron chi connectivity index (χ0n) is 21.4. The number of nitrogens with two attached hydrogens (primary N) is 1. The van der Waals surface area contributed by atoms with E-state index in [0.717, 1.165) is 19.3 Å². The van der Waals surface area contributed by atoms with Crippen LogP contribution in [0.2, 0.25) is 0 Å². The molecular formula is C30H28N4O5. The van der Waals surface area contributed by atoms with Gasteiger partial charge in [-0.25, -0.2) is 9.78 Å². The Kier molecular flexibility index (Phi) is 8.00. The van der Waals surface area contributed by atoms with Crippen LogP contribution in [0.1, 0.15) is 61.7 Å². The summed E-state index contributed by atoms with van der Waals surface area (Å²) in [5, 5.41) is 20.3. The van der Waals surface area contributed by atoms with Crippen molar-refractivity contribution in [1.82, 2.24) is 4.98 Å². The normalized spacial score (nSPS) is 12.6. The number of nitrogens with one attached hydrogen (secondary N) is 2. The lowest BCUT2D eigenvalue weighted by atomic mass is 9.94. The molecule has 1 aliphatic rings. The van der Waals surface area contributed by atoms with Gasteiger partial charge in [-0.15, -0.1) is 0 Å². The van der Waals surface area contributed by atoms with Crippen LogP contribution < -0.4 is 15.8 Å². The summed E-state index contributed by atoms with van der Waals surface area (Å²) in [4.78, 5) is 42.5. The number of ether oxygens (including phenoxy) is 1. The number of pyridine rings is 1. The number of benzene rings is 2. The van der Waals surface area contributed by atoms with Crippen LogP contribution in [-0.4, -0.2) is 40.7 Å². The zero-order chi connectivity index (χ0) is 28.1. The van der Waals surface area contributed by atoms with Gasteiger partial charge >= 0.3 is 5.97 Å². The molecule has 1 fully saturated rings. The number of aromatic nitrogens is 1. The van der Waals surface area contributed by atoms with Gasteiger partial charge in [-0.3, -0.25) is 15.0 Å². The first-order chi connectivity index (χ1) is 18.7. The molecule has 1 heterocycles. The van der Waals surface area contributed by atoms with E-state index in [1.54, 1.807) is 42.5 Å². The molecule has 0 radical (unpaired) electrons. The number of carbonyl (C=O) groups is 3. The lowest BCUT2D eigenvalue weighted by Gasteiger charge is -2.16. The standard InChI is InChI=1S/C30H28N4O5/c1-3-18-15-23(29(36)33-20-11-9-19(10-12-20)28(31)32)22(16-26(18)39-2)21-13-14-24(34-27(21)30(37)38)25(35)6-4-5-17-7-8-17/h3-4,6,9-17H,1,5,7-8H2,2H3,(H3,31,32)(H,33,36)(H,37,38). The van der Waals surface area contributed by atoms with Crippen molar-refractivity contribution in [2.45, 2.75) is 19.3 Å². The molecule has 9 heteroatoms. The Hall–Kier alpha value is -5.05. The first-order valence-electron chi connectivity index (χ1n) is 12.3. The van der Waals surface area contributed by atoms with Crippen LogP contribution in [0.4, 0.5) is 5.69 Å². The Morgan fingerprint density at radius 3 is 2.46 bits per heavy atom. The number of carbonyl (C=O) groups excluding carboxylic acids is 2. The molecule has 0 saturated heterocycles. The Balaban J connectivity index is 1.75. The van der Waals surface area contributed by atoms with Crippen molar-refractivity contribution in [2.75, 3.05) is 12.4 Å². The van der Waals surface area contributed by atoms with Crippen LogP contribution in [0.15, 0.2) is 67.3 Å². The summed E-state index contributed by atoms with van der Waals surface area (Å²) in [5.74, 6) is -1.37. The summed E-state index contributed by atoms with van der Waals surface area (Å²) in [6.45, 7) is 3.77. The second-order valence-electron chi connectivity index (χ2n) is 9.13. The van der Waals surface area contributed by atoms with Gasteiger partial charge in [0.25, 0.3) is 5.91 Å². The van der Waals surface area contributed by atoms with Crippen LogP contribution >= 0.6 is 0 Å². The van der Waals surface area contributed by atoms with Crippen molar-refractivity contribution < 1.29 is 24.2 Å². The molecule has 1 amide bonds. The highest BCUT2D eigenvalue weighted by Crippen LogP contribution is 2.35. The summed E-state index contributed by atoms with van der Waals surface area (Å²) >= 11 is 0. The number of hydrogen-bond donors (Lipinski definition) is 4. The average Bonchev–Trinajstić information content (AvgIpc) is 3.76. The Labute approximate surface area is 225 Å². The first kappa shape index (κ1) is 27.0. The largest absolute Gasteiger partial charge is 0.496 e. The summed E-state index contributed by atoms with van der Waals surface area (Å²) in [7, 11) is 1.45. The Morgan fingerprint density at radius 1 is 1.15 bits per heavy atom. The van der Waals surface area contributed by atoms with E-state index in [-0.39, 0.29) is 33.9 Å². The van der Waals surface area contributed by atoms with Crippen LogP contribution in [0, 0.1) is 11.3 Å². The first-order valence-corrected chi connectivity index (χ1v) is 12.3. The molecule has 1 saturated carbocycles. The van der Waals surface area contributed by atoms with E-state index in [4.69, 9.17) is 15.9 Å². The number of rotatable bonds is 11. The van der Waals surface area contributed by atoms with Crippen LogP contribution in [0.5, 0.6) is 5.75 Å². The highest BCUT2D eigenvalue weighted by Gasteiger charge is 2.24. The van der Waals surface area contributed by atoms with Gasteiger partial charge in [0.05, 0.1) is 7.11 Å². The topological polar surface area (TPSA) is 155 Å². The molecule has 5 N–H and O–H groups in total. The second kappa shape index (κ2) is 11.6. The van der Waals surface area contributed by atoms with Crippen molar-refractivity contribution in [3.8, 4) is 16.9 Å². The molecular weight excluding hydrogens is 496 g/mol. The predicted octanol–water partition coefficient (Wildman–Crippen LogP) is 5.17. The van der Waals surface area contributed by atoms with E-state index >= 15 is 0 Å². The number of amides is 1. The van der Waals surface area contributed by atoms with Gasteiger partial charge in [0.2, 0.25) is 5.78 Å². The third-order valence-corrected chi connectivity index (χ3v) is 6.36. The molecule has 0 bridgehead atoms. The highest BCUT2D eigenvalue weighted by molar-refractivity contribution is 6.11. The number of aromatic carboxylic acids is 1. The summed E-state index contributed by atoms with van der Waals surface area (Å²) < 4.78 is 5.45. The molecule has 1 aromatic heterocycles. The third-order valence-electron chi connectivity index (χ3n) is 6.36. The molecule has 4 rings (SSSR count). The third kappa shape index (κ3) is 6.27. The molecule has 0 aliphatic heterocycles. The van der Waals surface area contributed by atoms with Gasteiger partial charge in [0.1, 0.15) is 17.3 Å². The molecule has 0 spiro atoms. The number of amidine groups is 1. The predicted molar refractivity (Wildman–Crippen MR) is 149 cm³/mol. The molecule has 0 atom stereocenters. The highest BCUT2D eigenvalue weighted by atomic mass is 16.5. The van der Waals surface area contributed by atoms with Crippen molar-refractivity contribution in [1.29, 1.82) is 5.41 Å². The van der Waals surface area contributed by atoms with Crippen LogP contribution in [0.25, 0.3) is 17.2 Å². The molecule has 2 aromatic carbocycles. The van der Waals surface area contributed by atoms with Crippen molar-refractivity contribution in [3.63, 3.8) is 0 Å². The fourth-order valence-corrected chi connectivity index (χ4v) is 4.06. The zero-order valence-corrected chi connectivity index (χ0v) is 21.4. The maximum absolute atomic E-state index is 13.4. The number of carboxylic acid groups (broad SMARTS) is 1. The van der Waals surface area contributed by atoms with Gasteiger partial charge in [-0.2, -0.15) is 0 Å². The van der Waals surface area contributed by atoms with E-state index in [1.807, 2.05) is 0 Å². The van der Waals surface area contributed by atoms with Crippen molar-refractivity contribution in [3.05, 3.63) is 95.3 Å². The monoisotopic (exact) mass is 524 g/mol. The maximum atomic E-state index is 13.4. The van der Waals surface area contributed by atoms with Gasteiger partial charge in [-0.05, 0) is 79.8 Å². The molecule has 1 aliphatic carbocycles. The number of nitrogens with zero attached hydrogens (tertiary/aromatic N) is 1. The Bertz CT molecular complexity index is 1500. The van der Waals surface area contributed by atoms with Crippen LogP contribution in [-0.2, 0) is 0 Å². The minimum absolute atomic E-state index is 0.00515. The summed E-state index contributed by atoms with van der Waals surface area (Å²) in [6, 6.07) is 12.4. The minimum Gasteiger partial charge on any atom is -0.496 e. The van der Waals surface area contributed by atoms with Crippen LogP contribution in [0.3, 0.4) is 0 Å². The quantitative estimate of drug-likeness (QED) is 0.117. The minimum atomic E-state index is -1.35. The number of ketones is 1. The van der Waals surface area contributed by atoms with E-state index in [9.17, 15) is 19.5 Å². The van der Waals surface area contributed by atoms with E-state index in [1.165, 1.54) is 31.4 Å². The number of methoxy groups -OCH3 is 1. The van der Waals surface area contributed by atoms with Crippen molar-refractivity contribution in [2.24, 2.45) is 11.7 Å². The SMILES string of the molecule is C=Cc1cc(C(=O)Nc2ccc(C(=N)N)cc2)c(-c2ccc(C(=O)C=CCC3CC3)nc2C(=O)O)cc1OC. The molecule has 198 valence electrons. The summed E-state index contributed by atoms with van der Waals surface area (Å²) in [6.07, 6.45) is 7.85. The molecule has 0 unspecified atom stereocenters. The maximum Gasteiger partial charge on any atom is 0.355 e. The lowest BCUT2D eigenvalue weighted by molar-refractivity contribution is 0.0691. The van der Waals surface area contributed by atoms with Gasteiger partial charge < -0.3 is 20.9 Å². The smallest absolute Gasteiger partial charge is 0.355 e. The fraction of sp³-hybridized carbons (Fsp3) is 0.167. The number of allylic oxidation sites excluding steroid dienone is 2. The van der Waals surface area contributed by atoms with Gasteiger partial charge in [0, 0.05) is 33.5 Å². The number of carboxylic acids is 1. The summed E-state index contributed by atoms with van der Waals surface area (Å²) in [5.41, 5.74) is 7.14. The number of hydrogen-bond acceptors (Lipinski definition) is 6. The lowest BCUT2D eigenvalue weighted by Crippen LogP contribution is -2.16. The van der Waals surface area contributed by atoms with Crippen molar-refractivity contribution >= 4 is 35.3 Å². The Morgan fingerprint density at radius 2 is 1.87 bits per heavy atom. The fourth-order valence-electron chi connectivity index (χ4n) is 4.06. The van der Waals surface area contributed by atoms with E-state index in [0.29, 0.717) is 28.5 Å². The van der Waals surface area contributed by atoms with Gasteiger partial charge in [-0.1, -0.05) is 18.7 Å².